The SMILES string of the molecule is COC(=O)c1c(C)[nH]c(C(=O)[C@H](C)N2CCC[C@@H]2c2ccc(OC)cc2OC)c1C. The summed E-state index contributed by atoms with van der Waals surface area (Å²) in [4.78, 5) is 30.8. The Morgan fingerprint density at radius 3 is 2.53 bits per heavy atom. The standard InChI is InChI=1S/C23H30N2O5/c1-13-20(23(27)30-6)14(2)24-21(13)22(26)15(3)25-11-7-8-18(25)17-10-9-16(28-4)12-19(17)29-5/h9-10,12,15,18,24H,7-8,11H2,1-6H3/t15-,18+/m0/s1. The lowest BCUT2D eigenvalue weighted by molar-refractivity contribution is 0.0599. The monoisotopic (exact) mass is 414 g/mol. The number of ketones is 1. The maximum Gasteiger partial charge on any atom is 0.339 e. The van der Waals surface area contributed by atoms with Crippen molar-refractivity contribution in [3.05, 3.63) is 46.3 Å². The predicted octanol–water partition coefficient (Wildman–Crippen LogP) is 3.84. The fraction of sp³-hybridized carbons (Fsp3) is 0.478. The van der Waals surface area contributed by atoms with Crippen molar-refractivity contribution in [2.75, 3.05) is 27.9 Å². The van der Waals surface area contributed by atoms with Crippen LogP contribution in [0.1, 0.15) is 63.5 Å². The van der Waals surface area contributed by atoms with Crippen LogP contribution in [0.3, 0.4) is 0 Å². The number of esters is 1. The highest BCUT2D eigenvalue weighted by atomic mass is 16.5. The minimum Gasteiger partial charge on any atom is -0.497 e. The lowest BCUT2D eigenvalue weighted by Crippen LogP contribution is -2.39. The fourth-order valence-electron chi connectivity index (χ4n) is 4.44. The molecule has 1 N–H and O–H groups in total. The van der Waals surface area contributed by atoms with E-state index < -0.39 is 5.97 Å². The molecule has 2 heterocycles. The Labute approximate surface area is 177 Å². The van der Waals surface area contributed by atoms with Gasteiger partial charge in [0, 0.05) is 23.4 Å². The number of rotatable bonds is 7. The second-order valence-corrected chi connectivity index (χ2v) is 7.66. The smallest absolute Gasteiger partial charge is 0.339 e. The second kappa shape index (κ2) is 8.92. The molecule has 1 fully saturated rings. The number of H-pyrrole nitrogens is 1. The van der Waals surface area contributed by atoms with Crippen molar-refractivity contribution in [3.8, 4) is 11.5 Å². The van der Waals surface area contributed by atoms with Gasteiger partial charge in [-0.15, -0.1) is 0 Å². The fourth-order valence-corrected chi connectivity index (χ4v) is 4.44. The van der Waals surface area contributed by atoms with Crippen LogP contribution in [-0.4, -0.2) is 55.6 Å². The molecule has 0 bridgehead atoms. The number of aryl methyl sites for hydroxylation is 1. The highest BCUT2D eigenvalue weighted by molar-refractivity contribution is 6.03. The van der Waals surface area contributed by atoms with Gasteiger partial charge in [-0.05, 0) is 51.8 Å². The van der Waals surface area contributed by atoms with Crippen molar-refractivity contribution in [1.29, 1.82) is 0 Å². The first-order valence-corrected chi connectivity index (χ1v) is 10.1. The van der Waals surface area contributed by atoms with E-state index >= 15 is 0 Å². The van der Waals surface area contributed by atoms with Crippen molar-refractivity contribution in [3.63, 3.8) is 0 Å². The third-order valence-electron chi connectivity index (χ3n) is 6.04. The van der Waals surface area contributed by atoms with Crippen molar-refractivity contribution in [2.45, 2.75) is 45.7 Å². The highest BCUT2D eigenvalue weighted by Crippen LogP contribution is 2.40. The number of carbonyl (C=O) groups is 2. The number of aromatic nitrogens is 1. The van der Waals surface area contributed by atoms with E-state index in [9.17, 15) is 9.59 Å². The van der Waals surface area contributed by atoms with Crippen molar-refractivity contribution >= 4 is 11.8 Å². The maximum atomic E-state index is 13.4. The van der Waals surface area contributed by atoms with E-state index in [0.717, 1.165) is 36.4 Å². The number of hydrogen-bond acceptors (Lipinski definition) is 6. The summed E-state index contributed by atoms with van der Waals surface area (Å²) >= 11 is 0. The summed E-state index contributed by atoms with van der Waals surface area (Å²) in [6.07, 6.45) is 1.93. The van der Waals surface area contributed by atoms with Gasteiger partial charge in [-0.1, -0.05) is 6.07 Å². The van der Waals surface area contributed by atoms with Crippen LogP contribution in [-0.2, 0) is 4.74 Å². The number of ether oxygens (including phenoxy) is 3. The lowest BCUT2D eigenvalue weighted by atomic mass is 9.99. The first kappa shape index (κ1) is 21.9. The summed E-state index contributed by atoms with van der Waals surface area (Å²) in [5.74, 6) is 1.02. The molecule has 2 aromatic rings. The van der Waals surface area contributed by atoms with Crippen LogP contribution >= 0.6 is 0 Å². The zero-order valence-corrected chi connectivity index (χ0v) is 18.5. The molecule has 1 aromatic carbocycles. The number of hydrogen-bond donors (Lipinski definition) is 1. The average Bonchev–Trinajstić information content (AvgIpc) is 3.36. The molecular formula is C23H30N2O5. The number of Topliss-reactive ketones (excluding diaryl/α,β-unsaturated/α-hetero) is 1. The van der Waals surface area contributed by atoms with Crippen LogP contribution in [0.25, 0.3) is 0 Å². The van der Waals surface area contributed by atoms with Gasteiger partial charge in [0.15, 0.2) is 5.78 Å². The zero-order chi connectivity index (χ0) is 22.0. The number of nitrogens with zero attached hydrogens (tertiary/aromatic N) is 1. The molecule has 0 saturated carbocycles. The van der Waals surface area contributed by atoms with E-state index in [-0.39, 0.29) is 17.9 Å². The number of nitrogens with one attached hydrogen (secondary N) is 1. The van der Waals surface area contributed by atoms with Crippen LogP contribution in [0.5, 0.6) is 11.5 Å². The topological polar surface area (TPSA) is 80.9 Å². The number of methoxy groups -OCH3 is 3. The second-order valence-electron chi connectivity index (χ2n) is 7.66. The Morgan fingerprint density at radius 2 is 1.90 bits per heavy atom. The zero-order valence-electron chi connectivity index (χ0n) is 18.5. The Balaban J connectivity index is 1.91. The van der Waals surface area contributed by atoms with E-state index in [1.165, 1.54) is 7.11 Å². The highest BCUT2D eigenvalue weighted by Gasteiger charge is 2.36. The molecule has 0 aliphatic carbocycles. The third kappa shape index (κ3) is 3.81. The Bertz CT molecular complexity index is 949. The summed E-state index contributed by atoms with van der Waals surface area (Å²) < 4.78 is 15.8. The summed E-state index contributed by atoms with van der Waals surface area (Å²) in [5.41, 5.74) is 3.22. The molecule has 7 nitrogen and oxygen atoms in total. The van der Waals surface area contributed by atoms with Gasteiger partial charge < -0.3 is 19.2 Å². The van der Waals surface area contributed by atoms with Crippen molar-refractivity contribution < 1.29 is 23.8 Å². The number of aromatic amines is 1. The third-order valence-corrected chi connectivity index (χ3v) is 6.04. The molecule has 7 heteroatoms. The molecule has 30 heavy (non-hydrogen) atoms. The summed E-state index contributed by atoms with van der Waals surface area (Å²) in [6, 6.07) is 5.52. The number of benzene rings is 1. The molecule has 1 aliphatic heterocycles. The molecule has 2 atom stereocenters. The molecule has 1 aromatic heterocycles. The van der Waals surface area contributed by atoms with Gasteiger partial charge in [0.2, 0.25) is 0 Å². The molecule has 0 spiro atoms. The van der Waals surface area contributed by atoms with Gasteiger partial charge in [0.1, 0.15) is 11.5 Å². The Hall–Kier alpha value is -2.80. The molecule has 0 radical (unpaired) electrons. The van der Waals surface area contributed by atoms with Gasteiger partial charge in [-0.3, -0.25) is 9.69 Å². The molecule has 162 valence electrons. The molecular weight excluding hydrogens is 384 g/mol. The molecule has 0 unspecified atom stereocenters. The van der Waals surface area contributed by atoms with Crippen LogP contribution in [0.2, 0.25) is 0 Å². The number of carbonyl (C=O) groups excluding carboxylic acids is 2. The lowest BCUT2D eigenvalue weighted by Gasteiger charge is -2.31. The predicted molar refractivity (Wildman–Crippen MR) is 114 cm³/mol. The van der Waals surface area contributed by atoms with E-state index in [0.29, 0.717) is 22.5 Å². The summed E-state index contributed by atoms with van der Waals surface area (Å²) in [6.45, 7) is 6.30. The Morgan fingerprint density at radius 1 is 1.17 bits per heavy atom. The Kier molecular flexibility index (Phi) is 6.51. The van der Waals surface area contributed by atoms with Gasteiger partial charge in [0.25, 0.3) is 0 Å². The number of likely N-dealkylation sites (tertiary alicyclic amines) is 1. The summed E-state index contributed by atoms with van der Waals surface area (Å²) in [5, 5.41) is 0. The summed E-state index contributed by atoms with van der Waals surface area (Å²) in [7, 11) is 4.61. The van der Waals surface area contributed by atoms with E-state index in [4.69, 9.17) is 14.2 Å². The molecule has 1 aliphatic rings. The van der Waals surface area contributed by atoms with Crippen LogP contribution < -0.4 is 9.47 Å². The van der Waals surface area contributed by atoms with E-state index in [1.54, 1.807) is 28.1 Å². The van der Waals surface area contributed by atoms with Crippen LogP contribution in [0, 0.1) is 13.8 Å². The minimum absolute atomic E-state index is 0.0369. The van der Waals surface area contributed by atoms with Crippen LogP contribution in [0.15, 0.2) is 18.2 Å². The first-order valence-electron chi connectivity index (χ1n) is 10.1. The van der Waals surface area contributed by atoms with Gasteiger partial charge >= 0.3 is 5.97 Å². The molecule has 3 rings (SSSR count). The van der Waals surface area contributed by atoms with Gasteiger partial charge in [0.05, 0.1) is 38.6 Å². The largest absolute Gasteiger partial charge is 0.497 e. The van der Waals surface area contributed by atoms with Crippen molar-refractivity contribution in [1.82, 2.24) is 9.88 Å². The minimum atomic E-state index is -0.435. The maximum absolute atomic E-state index is 13.4. The van der Waals surface area contributed by atoms with E-state index in [1.807, 2.05) is 25.1 Å². The van der Waals surface area contributed by atoms with E-state index in [2.05, 4.69) is 9.88 Å². The average molecular weight is 415 g/mol. The molecule has 0 amide bonds. The van der Waals surface area contributed by atoms with Gasteiger partial charge in [-0.2, -0.15) is 0 Å². The quantitative estimate of drug-likeness (QED) is 0.548. The van der Waals surface area contributed by atoms with Crippen molar-refractivity contribution in [2.24, 2.45) is 0 Å². The molecule has 1 saturated heterocycles. The normalized spacial score (nSPS) is 17.6. The first-order chi connectivity index (χ1) is 14.3. The van der Waals surface area contributed by atoms with Gasteiger partial charge in [-0.25, -0.2) is 4.79 Å². The van der Waals surface area contributed by atoms with Crippen LogP contribution in [0.4, 0.5) is 0 Å².